The molecule has 0 amide bonds. The molecule has 5 nitrogen and oxygen atoms in total. The van der Waals surface area contributed by atoms with Gasteiger partial charge in [0.05, 0.1) is 13.2 Å². The monoisotopic (exact) mass is 338 g/mol. The van der Waals surface area contributed by atoms with Crippen molar-refractivity contribution in [1.29, 1.82) is 0 Å². The molecule has 1 unspecified atom stereocenters. The van der Waals surface area contributed by atoms with Gasteiger partial charge in [0.15, 0.2) is 5.96 Å². The number of nitrogens with one attached hydrogen (secondary N) is 1. The third kappa shape index (κ3) is 6.49. The molecule has 130 valence electrons. The predicted octanol–water partition coefficient (Wildman–Crippen LogP) is 1.77. The Bertz CT molecular complexity index is 457. The second-order valence-corrected chi connectivity index (χ2v) is 7.23. The Kier molecular flexibility index (Phi) is 7.85. The minimum Gasteiger partial charge on any atom is -0.379 e. The highest BCUT2D eigenvalue weighted by atomic mass is 32.1. The molecule has 0 radical (unpaired) electrons. The van der Waals surface area contributed by atoms with Crippen molar-refractivity contribution in [1.82, 2.24) is 15.1 Å². The fourth-order valence-electron chi connectivity index (χ4n) is 2.78. The molecule has 0 saturated carbocycles. The van der Waals surface area contributed by atoms with Crippen molar-refractivity contribution < 1.29 is 4.74 Å². The third-order valence-corrected chi connectivity index (χ3v) is 5.07. The molecule has 1 fully saturated rings. The van der Waals surface area contributed by atoms with Crippen molar-refractivity contribution in [2.45, 2.75) is 13.3 Å². The van der Waals surface area contributed by atoms with Crippen molar-refractivity contribution >= 4 is 17.3 Å². The molecule has 0 spiro atoms. The van der Waals surface area contributed by atoms with E-state index in [2.05, 4.69) is 51.6 Å². The van der Waals surface area contributed by atoms with Crippen LogP contribution < -0.4 is 5.32 Å². The van der Waals surface area contributed by atoms with Crippen molar-refractivity contribution in [2.75, 3.05) is 60.0 Å². The van der Waals surface area contributed by atoms with E-state index in [1.807, 2.05) is 18.4 Å². The van der Waals surface area contributed by atoms with Crippen LogP contribution in [0.15, 0.2) is 22.5 Å². The van der Waals surface area contributed by atoms with Gasteiger partial charge in [-0.15, -0.1) is 11.3 Å². The van der Waals surface area contributed by atoms with Gasteiger partial charge in [0.2, 0.25) is 0 Å². The molecule has 0 aliphatic carbocycles. The molecule has 0 bridgehead atoms. The molecule has 1 aliphatic rings. The van der Waals surface area contributed by atoms with Crippen LogP contribution in [0.25, 0.3) is 0 Å². The first kappa shape index (κ1) is 18.2. The van der Waals surface area contributed by atoms with Gasteiger partial charge in [-0.2, -0.15) is 0 Å². The Morgan fingerprint density at radius 2 is 2.26 bits per heavy atom. The topological polar surface area (TPSA) is 40.1 Å². The van der Waals surface area contributed by atoms with Crippen LogP contribution in [-0.4, -0.2) is 75.8 Å². The Hall–Kier alpha value is -1.11. The number of nitrogens with zero attached hydrogens (tertiary/aromatic N) is 3. The Balaban J connectivity index is 1.68. The molecule has 1 aromatic rings. The van der Waals surface area contributed by atoms with Gasteiger partial charge in [0.25, 0.3) is 0 Å². The van der Waals surface area contributed by atoms with Gasteiger partial charge in [-0.1, -0.05) is 13.0 Å². The molecule has 0 aromatic carbocycles. The third-order valence-electron chi connectivity index (χ3n) is 4.13. The summed E-state index contributed by atoms with van der Waals surface area (Å²) in [5.74, 6) is 1.57. The van der Waals surface area contributed by atoms with Crippen LogP contribution in [0, 0.1) is 5.92 Å². The number of likely N-dealkylation sites (N-methyl/N-ethyl adjacent to an activating group) is 1. The zero-order chi connectivity index (χ0) is 16.5. The standard InChI is InChI=1S/C17H30N4OS/c1-15(14-21-8-10-22-11-9-21)13-19-17(18-2)20(3)7-6-16-5-4-12-23-16/h4-5,12,15H,6-11,13-14H2,1-3H3,(H,18,19). The van der Waals surface area contributed by atoms with Crippen LogP contribution in [0.4, 0.5) is 0 Å². The summed E-state index contributed by atoms with van der Waals surface area (Å²) in [5.41, 5.74) is 0. The molecule has 23 heavy (non-hydrogen) atoms. The largest absolute Gasteiger partial charge is 0.379 e. The van der Waals surface area contributed by atoms with Gasteiger partial charge in [0.1, 0.15) is 0 Å². The summed E-state index contributed by atoms with van der Waals surface area (Å²) < 4.78 is 5.40. The lowest BCUT2D eigenvalue weighted by atomic mass is 10.1. The van der Waals surface area contributed by atoms with Gasteiger partial charge in [-0.25, -0.2) is 0 Å². The van der Waals surface area contributed by atoms with E-state index < -0.39 is 0 Å². The Labute approximate surface area is 144 Å². The second-order valence-electron chi connectivity index (χ2n) is 6.20. The van der Waals surface area contributed by atoms with Crippen LogP contribution in [0.5, 0.6) is 0 Å². The first-order chi connectivity index (χ1) is 11.2. The number of aliphatic imine (C=N–C) groups is 1. The van der Waals surface area contributed by atoms with Crippen LogP contribution in [0.3, 0.4) is 0 Å². The van der Waals surface area contributed by atoms with Gasteiger partial charge < -0.3 is 15.0 Å². The fourth-order valence-corrected chi connectivity index (χ4v) is 3.48. The fraction of sp³-hybridized carbons (Fsp3) is 0.706. The van der Waals surface area contributed by atoms with E-state index in [0.29, 0.717) is 5.92 Å². The summed E-state index contributed by atoms with van der Waals surface area (Å²) in [7, 11) is 3.96. The number of rotatable bonds is 7. The van der Waals surface area contributed by atoms with Crippen LogP contribution >= 0.6 is 11.3 Å². The minimum atomic E-state index is 0.593. The first-order valence-electron chi connectivity index (χ1n) is 8.43. The van der Waals surface area contributed by atoms with E-state index in [1.54, 1.807) is 0 Å². The lowest BCUT2D eigenvalue weighted by Crippen LogP contribution is -2.44. The molecule has 1 saturated heterocycles. The summed E-state index contributed by atoms with van der Waals surface area (Å²) in [5, 5.41) is 5.64. The Morgan fingerprint density at radius 3 is 2.91 bits per heavy atom. The Morgan fingerprint density at radius 1 is 1.48 bits per heavy atom. The number of guanidine groups is 1. The smallest absolute Gasteiger partial charge is 0.193 e. The van der Waals surface area contributed by atoms with Crippen molar-refractivity contribution in [3.63, 3.8) is 0 Å². The molecule has 2 rings (SSSR count). The highest BCUT2D eigenvalue weighted by Gasteiger charge is 2.14. The maximum Gasteiger partial charge on any atom is 0.193 e. The molecule has 1 aliphatic heterocycles. The average Bonchev–Trinajstić information content (AvgIpc) is 3.08. The summed E-state index contributed by atoms with van der Waals surface area (Å²) in [6.45, 7) is 9.19. The highest BCUT2D eigenvalue weighted by Crippen LogP contribution is 2.09. The zero-order valence-corrected chi connectivity index (χ0v) is 15.4. The molecule has 1 N–H and O–H groups in total. The maximum atomic E-state index is 5.40. The van der Waals surface area contributed by atoms with Crippen molar-refractivity contribution in [2.24, 2.45) is 10.9 Å². The summed E-state index contributed by atoms with van der Waals surface area (Å²) in [6, 6.07) is 4.31. The number of ether oxygens (including phenoxy) is 1. The molecular weight excluding hydrogens is 308 g/mol. The van der Waals surface area contributed by atoms with Gasteiger partial charge >= 0.3 is 0 Å². The SMILES string of the molecule is CN=C(NCC(C)CN1CCOCC1)N(C)CCc1cccs1. The summed E-state index contributed by atoms with van der Waals surface area (Å²) >= 11 is 1.82. The number of hydrogen-bond donors (Lipinski definition) is 1. The van der Waals surface area contributed by atoms with E-state index in [9.17, 15) is 0 Å². The van der Waals surface area contributed by atoms with Gasteiger partial charge in [-0.05, 0) is 23.8 Å². The minimum absolute atomic E-state index is 0.593. The molecule has 2 heterocycles. The maximum absolute atomic E-state index is 5.40. The van der Waals surface area contributed by atoms with Gasteiger partial charge in [0, 0.05) is 51.7 Å². The van der Waals surface area contributed by atoms with E-state index in [1.165, 1.54) is 4.88 Å². The van der Waals surface area contributed by atoms with Crippen molar-refractivity contribution in [3.8, 4) is 0 Å². The molecule has 1 atom stereocenters. The highest BCUT2D eigenvalue weighted by molar-refractivity contribution is 7.09. The normalized spacial score (nSPS) is 18.0. The van der Waals surface area contributed by atoms with Gasteiger partial charge in [-0.3, -0.25) is 9.89 Å². The first-order valence-corrected chi connectivity index (χ1v) is 9.31. The zero-order valence-electron chi connectivity index (χ0n) is 14.6. The lowest BCUT2D eigenvalue weighted by Gasteiger charge is -2.30. The number of morpholine rings is 1. The predicted molar refractivity (Wildman–Crippen MR) is 98.4 cm³/mol. The summed E-state index contributed by atoms with van der Waals surface area (Å²) in [6.07, 6.45) is 1.07. The van der Waals surface area contributed by atoms with Crippen LogP contribution in [0.2, 0.25) is 0 Å². The lowest BCUT2D eigenvalue weighted by molar-refractivity contribution is 0.0320. The van der Waals surface area contributed by atoms with E-state index in [4.69, 9.17) is 4.74 Å². The summed E-state index contributed by atoms with van der Waals surface area (Å²) in [4.78, 5) is 10.5. The quantitative estimate of drug-likeness (QED) is 0.608. The van der Waals surface area contributed by atoms with Crippen LogP contribution in [0.1, 0.15) is 11.8 Å². The van der Waals surface area contributed by atoms with E-state index >= 15 is 0 Å². The number of thiophene rings is 1. The van der Waals surface area contributed by atoms with Crippen molar-refractivity contribution in [3.05, 3.63) is 22.4 Å². The molecule has 1 aromatic heterocycles. The number of hydrogen-bond acceptors (Lipinski definition) is 4. The molecule has 6 heteroatoms. The average molecular weight is 339 g/mol. The van der Waals surface area contributed by atoms with E-state index in [0.717, 1.165) is 58.3 Å². The second kappa shape index (κ2) is 9.90. The molecular formula is C17H30N4OS. The van der Waals surface area contributed by atoms with E-state index in [-0.39, 0.29) is 0 Å². The van der Waals surface area contributed by atoms with Crippen LogP contribution in [-0.2, 0) is 11.2 Å².